The molecule has 2 aromatic rings. The molecule has 0 saturated carbocycles. The molecule has 2 aromatic carbocycles. The Morgan fingerprint density at radius 1 is 0.933 bits per heavy atom. The van der Waals surface area contributed by atoms with Gasteiger partial charge in [0, 0.05) is 50.0 Å². The predicted molar refractivity (Wildman–Crippen MR) is 116 cm³/mol. The van der Waals surface area contributed by atoms with Crippen molar-refractivity contribution in [1.29, 1.82) is 0 Å². The number of rotatable bonds is 7. The Morgan fingerprint density at radius 3 is 2.30 bits per heavy atom. The quantitative estimate of drug-likeness (QED) is 0.521. The van der Waals surface area contributed by atoms with Gasteiger partial charge in [-0.15, -0.1) is 0 Å². The zero-order valence-electron chi connectivity index (χ0n) is 16.7. The van der Waals surface area contributed by atoms with Gasteiger partial charge in [0.1, 0.15) is 5.82 Å². The number of nitrogens with one attached hydrogen (secondary N) is 2. The van der Waals surface area contributed by atoms with Gasteiger partial charge in [0.2, 0.25) is 0 Å². The van der Waals surface area contributed by atoms with Crippen molar-refractivity contribution >= 4 is 29.1 Å². The molecule has 160 valence electrons. The summed E-state index contributed by atoms with van der Waals surface area (Å²) in [4.78, 5) is 28.4. The summed E-state index contributed by atoms with van der Waals surface area (Å²) < 4.78 is 13.0. The highest BCUT2D eigenvalue weighted by Crippen LogP contribution is 2.17. The van der Waals surface area contributed by atoms with Gasteiger partial charge >= 0.3 is 11.8 Å². The number of halogens is 2. The Balaban J connectivity index is 1.29. The van der Waals surface area contributed by atoms with Crippen LogP contribution >= 0.6 is 11.6 Å². The lowest BCUT2D eigenvalue weighted by molar-refractivity contribution is -0.139. The Bertz CT molecular complexity index is 854. The minimum Gasteiger partial charge on any atom is -0.369 e. The summed E-state index contributed by atoms with van der Waals surface area (Å²) in [6, 6.07) is 13.7. The zero-order valence-corrected chi connectivity index (χ0v) is 17.5. The molecule has 2 N–H and O–H groups in total. The van der Waals surface area contributed by atoms with Crippen LogP contribution in [-0.4, -0.2) is 56.0 Å². The molecule has 2 amide bonds. The minimum atomic E-state index is -0.664. The van der Waals surface area contributed by atoms with Crippen molar-refractivity contribution < 1.29 is 14.0 Å². The van der Waals surface area contributed by atoms with Crippen molar-refractivity contribution in [2.45, 2.75) is 13.0 Å². The maximum atomic E-state index is 13.0. The number of piperazine rings is 1. The molecule has 6 nitrogen and oxygen atoms in total. The van der Waals surface area contributed by atoms with Crippen molar-refractivity contribution in [3.05, 3.63) is 64.9 Å². The highest BCUT2D eigenvalue weighted by Gasteiger charge is 2.17. The van der Waals surface area contributed by atoms with E-state index in [1.54, 1.807) is 24.3 Å². The average Bonchev–Trinajstić information content (AvgIpc) is 2.77. The van der Waals surface area contributed by atoms with Crippen LogP contribution in [-0.2, 0) is 16.1 Å². The summed E-state index contributed by atoms with van der Waals surface area (Å²) in [5.41, 5.74) is 1.80. The Hall–Kier alpha value is -2.64. The third kappa shape index (κ3) is 6.43. The van der Waals surface area contributed by atoms with Crippen molar-refractivity contribution in [3.63, 3.8) is 0 Å². The monoisotopic (exact) mass is 432 g/mol. The van der Waals surface area contributed by atoms with Crippen LogP contribution in [0.1, 0.15) is 12.0 Å². The van der Waals surface area contributed by atoms with E-state index in [1.807, 2.05) is 12.1 Å². The van der Waals surface area contributed by atoms with Gasteiger partial charge in [0.25, 0.3) is 0 Å². The van der Waals surface area contributed by atoms with E-state index in [9.17, 15) is 14.0 Å². The third-order valence-corrected chi connectivity index (χ3v) is 5.47. The van der Waals surface area contributed by atoms with Gasteiger partial charge in [-0.2, -0.15) is 0 Å². The topological polar surface area (TPSA) is 64.7 Å². The molecule has 0 aliphatic carbocycles. The Kier molecular flexibility index (Phi) is 8.04. The zero-order chi connectivity index (χ0) is 21.3. The smallest absolute Gasteiger partial charge is 0.309 e. The summed E-state index contributed by atoms with van der Waals surface area (Å²) in [5.74, 6) is -1.53. The van der Waals surface area contributed by atoms with E-state index in [0.29, 0.717) is 11.6 Å². The van der Waals surface area contributed by atoms with Crippen LogP contribution in [0.25, 0.3) is 0 Å². The fourth-order valence-electron chi connectivity index (χ4n) is 3.36. The van der Waals surface area contributed by atoms with Gasteiger partial charge < -0.3 is 15.5 Å². The van der Waals surface area contributed by atoms with Gasteiger partial charge in [-0.1, -0.05) is 29.8 Å². The largest absolute Gasteiger partial charge is 0.369 e. The molecule has 1 saturated heterocycles. The average molecular weight is 433 g/mol. The summed E-state index contributed by atoms with van der Waals surface area (Å²) >= 11 is 6.04. The van der Waals surface area contributed by atoms with Crippen molar-refractivity contribution in [1.82, 2.24) is 15.5 Å². The first kappa shape index (κ1) is 22.1. The van der Waals surface area contributed by atoms with Gasteiger partial charge in [-0.3, -0.25) is 14.5 Å². The minimum absolute atomic E-state index is 0.213. The summed E-state index contributed by atoms with van der Waals surface area (Å²) in [6.45, 7) is 5.07. The van der Waals surface area contributed by atoms with Crippen molar-refractivity contribution in [2.24, 2.45) is 0 Å². The van der Waals surface area contributed by atoms with E-state index in [0.717, 1.165) is 50.4 Å². The maximum absolute atomic E-state index is 13.0. The molecule has 1 fully saturated rings. The molecule has 0 unspecified atom stereocenters. The maximum Gasteiger partial charge on any atom is 0.309 e. The molecular weight excluding hydrogens is 407 g/mol. The molecule has 1 aliphatic heterocycles. The normalized spacial score (nSPS) is 14.4. The van der Waals surface area contributed by atoms with Crippen LogP contribution < -0.4 is 15.5 Å². The molecule has 0 atom stereocenters. The van der Waals surface area contributed by atoms with E-state index in [-0.39, 0.29) is 12.4 Å². The highest BCUT2D eigenvalue weighted by atomic mass is 35.5. The molecule has 0 bridgehead atoms. The number of carbonyl (C=O) groups is 2. The standard InChI is InChI=1S/C22H26ClFN4O2/c23-20-5-2-1-4-17(20)16-26-22(30)21(29)25-10-3-11-27-12-14-28(15-13-27)19-8-6-18(24)7-9-19/h1-2,4-9H,3,10-16H2,(H,25,29)(H,26,30). The SMILES string of the molecule is O=C(NCCCN1CCN(c2ccc(F)cc2)CC1)C(=O)NCc1ccccc1Cl. The molecule has 8 heteroatoms. The van der Waals surface area contributed by atoms with E-state index >= 15 is 0 Å². The molecule has 1 aliphatic rings. The summed E-state index contributed by atoms with van der Waals surface area (Å²) in [6.07, 6.45) is 0.764. The first-order valence-corrected chi connectivity index (χ1v) is 10.4. The number of amides is 2. The first-order valence-electron chi connectivity index (χ1n) is 10.1. The van der Waals surface area contributed by atoms with Gasteiger partial charge in [-0.25, -0.2) is 4.39 Å². The number of anilines is 1. The second kappa shape index (κ2) is 10.9. The number of hydrogen-bond acceptors (Lipinski definition) is 4. The second-order valence-corrected chi connectivity index (χ2v) is 7.60. The molecule has 1 heterocycles. The van der Waals surface area contributed by atoms with Crippen molar-refractivity contribution in [2.75, 3.05) is 44.2 Å². The van der Waals surface area contributed by atoms with Crippen LogP contribution in [0.2, 0.25) is 5.02 Å². The molecule has 30 heavy (non-hydrogen) atoms. The van der Waals surface area contributed by atoms with E-state index in [1.165, 1.54) is 12.1 Å². The fourth-order valence-corrected chi connectivity index (χ4v) is 3.57. The molecule has 3 rings (SSSR count). The molecule has 0 aromatic heterocycles. The van der Waals surface area contributed by atoms with Crippen LogP contribution in [0.3, 0.4) is 0 Å². The first-order chi connectivity index (χ1) is 14.5. The van der Waals surface area contributed by atoms with Crippen LogP contribution in [0.5, 0.6) is 0 Å². The molecular formula is C22H26ClFN4O2. The van der Waals surface area contributed by atoms with Gasteiger partial charge in [-0.05, 0) is 48.9 Å². The number of carbonyl (C=O) groups excluding carboxylic acids is 2. The lowest BCUT2D eigenvalue weighted by Crippen LogP contribution is -2.47. The van der Waals surface area contributed by atoms with Crippen LogP contribution in [0.15, 0.2) is 48.5 Å². The molecule has 0 spiro atoms. The highest BCUT2D eigenvalue weighted by molar-refractivity contribution is 6.35. The van der Waals surface area contributed by atoms with Crippen LogP contribution in [0.4, 0.5) is 10.1 Å². The lowest BCUT2D eigenvalue weighted by atomic mass is 10.2. The summed E-state index contributed by atoms with van der Waals surface area (Å²) in [5, 5.41) is 5.79. The van der Waals surface area contributed by atoms with Crippen LogP contribution in [0, 0.1) is 5.82 Å². The van der Waals surface area contributed by atoms with Gasteiger partial charge in [0.05, 0.1) is 0 Å². The Morgan fingerprint density at radius 2 is 1.60 bits per heavy atom. The molecule has 0 radical (unpaired) electrons. The second-order valence-electron chi connectivity index (χ2n) is 7.19. The fraction of sp³-hybridized carbons (Fsp3) is 0.364. The van der Waals surface area contributed by atoms with Crippen molar-refractivity contribution in [3.8, 4) is 0 Å². The number of benzene rings is 2. The number of hydrogen-bond donors (Lipinski definition) is 2. The van der Waals surface area contributed by atoms with E-state index < -0.39 is 11.8 Å². The third-order valence-electron chi connectivity index (χ3n) is 5.10. The van der Waals surface area contributed by atoms with E-state index in [2.05, 4.69) is 20.4 Å². The van der Waals surface area contributed by atoms with Gasteiger partial charge in [0.15, 0.2) is 0 Å². The summed E-state index contributed by atoms with van der Waals surface area (Å²) in [7, 11) is 0. The lowest BCUT2D eigenvalue weighted by Gasteiger charge is -2.36. The Labute approximate surface area is 181 Å². The number of nitrogens with zero attached hydrogens (tertiary/aromatic N) is 2. The van der Waals surface area contributed by atoms with E-state index in [4.69, 9.17) is 11.6 Å². The predicted octanol–water partition coefficient (Wildman–Crippen LogP) is 2.42.